The fraction of sp³-hybridized carbons (Fsp3) is 0.636. The zero-order valence-corrected chi connectivity index (χ0v) is 17.3. The quantitative estimate of drug-likeness (QED) is 0.566. The van der Waals surface area contributed by atoms with Crippen LogP contribution in [0.4, 0.5) is 4.39 Å². The number of hydrogen-bond donors (Lipinski definition) is 2. The van der Waals surface area contributed by atoms with Crippen LogP contribution in [-0.4, -0.2) is 57.3 Å². The van der Waals surface area contributed by atoms with Gasteiger partial charge in [-0.3, -0.25) is 9.89 Å². The third-order valence-electron chi connectivity index (χ3n) is 6.05. The monoisotopic (exact) mass is 401 g/mol. The highest BCUT2D eigenvalue weighted by Gasteiger charge is 2.34. The van der Waals surface area contributed by atoms with Gasteiger partial charge in [-0.2, -0.15) is 5.26 Å². The molecule has 1 heterocycles. The standard InChI is InChI=1S/C22H32FN5O/c1-25-21(26-15-19-13-18(14-24)5-6-20(19)23)27-16-22(7-3-2-4-8-22)17-28-9-11-29-12-10-28/h5-6,13H,2-4,7-12,15-17H2,1H3,(H2,25,26,27). The summed E-state index contributed by atoms with van der Waals surface area (Å²) in [6.45, 7) is 5.87. The largest absolute Gasteiger partial charge is 0.379 e. The Kier molecular flexibility index (Phi) is 7.84. The maximum absolute atomic E-state index is 14.0. The van der Waals surface area contributed by atoms with Crippen LogP contribution in [0.15, 0.2) is 23.2 Å². The summed E-state index contributed by atoms with van der Waals surface area (Å²) in [5, 5.41) is 15.7. The van der Waals surface area contributed by atoms with Gasteiger partial charge >= 0.3 is 0 Å². The molecule has 3 rings (SSSR count). The minimum atomic E-state index is -0.317. The Labute approximate surface area is 173 Å². The Hall–Kier alpha value is -2.17. The molecular weight excluding hydrogens is 369 g/mol. The topological polar surface area (TPSA) is 72.7 Å². The summed E-state index contributed by atoms with van der Waals surface area (Å²) in [4.78, 5) is 6.83. The number of nitrogens with one attached hydrogen (secondary N) is 2. The summed E-state index contributed by atoms with van der Waals surface area (Å²) < 4.78 is 19.5. The lowest BCUT2D eigenvalue weighted by Gasteiger charge is -2.42. The number of guanidine groups is 1. The van der Waals surface area contributed by atoms with Crippen LogP contribution in [0.2, 0.25) is 0 Å². The summed E-state index contributed by atoms with van der Waals surface area (Å²) in [5.41, 5.74) is 1.16. The van der Waals surface area contributed by atoms with E-state index in [0.29, 0.717) is 17.1 Å². The predicted octanol–water partition coefficient (Wildman–Crippen LogP) is 2.65. The van der Waals surface area contributed by atoms with Crippen LogP contribution >= 0.6 is 0 Å². The molecule has 1 saturated heterocycles. The second-order valence-electron chi connectivity index (χ2n) is 8.15. The number of aliphatic imine (C=N–C) groups is 1. The van der Waals surface area contributed by atoms with Gasteiger partial charge in [-0.25, -0.2) is 4.39 Å². The summed E-state index contributed by atoms with van der Waals surface area (Å²) in [7, 11) is 1.73. The Balaban J connectivity index is 1.58. The van der Waals surface area contributed by atoms with Crippen LogP contribution in [0, 0.1) is 22.6 Å². The molecule has 29 heavy (non-hydrogen) atoms. The molecule has 1 aliphatic heterocycles. The minimum Gasteiger partial charge on any atom is -0.379 e. The molecule has 1 aromatic rings. The minimum absolute atomic E-state index is 0.235. The first-order chi connectivity index (χ1) is 14.1. The van der Waals surface area contributed by atoms with Crippen LogP contribution in [0.25, 0.3) is 0 Å². The van der Waals surface area contributed by atoms with E-state index < -0.39 is 0 Å². The van der Waals surface area contributed by atoms with Gasteiger partial charge in [0.15, 0.2) is 5.96 Å². The first-order valence-electron chi connectivity index (χ1n) is 10.6. The Morgan fingerprint density at radius 3 is 2.69 bits per heavy atom. The molecule has 6 nitrogen and oxygen atoms in total. The van der Waals surface area contributed by atoms with Crippen molar-refractivity contribution >= 4 is 5.96 Å². The molecule has 1 aliphatic carbocycles. The van der Waals surface area contributed by atoms with Gasteiger partial charge in [-0.15, -0.1) is 0 Å². The van der Waals surface area contributed by atoms with Crippen LogP contribution in [0.5, 0.6) is 0 Å². The average molecular weight is 402 g/mol. The van der Waals surface area contributed by atoms with Crippen LogP contribution in [0.1, 0.15) is 43.2 Å². The van der Waals surface area contributed by atoms with Crippen molar-refractivity contribution in [2.24, 2.45) is 10.4 Å². The molecule has 0 aromatic heterocycles. The van der Waals surface area contributed by atoms with E-state index in [2.05, 4.69) is 26.6 Å². The van der Waals surface area contributed by atoms with Gasteiger partial charge in [-0.1, -0.05) is 19.3 Å². The Bertz CT molecular complexity index is 733. The number of ether oxygens (including phenoxy) is 1. The summed E-state index contributed by atoms with van der Waals surface area (Å²) in [5.74, 6) is 0.349. The number of hydrogen-bond acceptors (Lipinski definition) is 4. The molecule has 7 heteroatoms. The van der Waals surface area contributed by atoms with Crippen LogP contribution < -0.4 is 10.6 Å². The van der Waals surface area contributed by atoms with Crippen molar-refractivity contribution in [2.75, 3.05) is 46.4 Å². The number of halogens is 1. The third-order valence-corrected chi connectivity index (χ3v) is 6.05. The molecule has 0 atom stereocenters. The molecule has 1 saturated carbocycles. The van der Waals surface area contributed by atoms with E-state index in [1.54, 1.807) is 13.1 Å². The lowest BCUT2D eigenvalue weighted by Crippen LogP contribution is -2.51. The fourth-order valence-corrected chi connectivity index (χ4v) is 4.38. The summed E-state index contributed by atoms with van der Waals surface area (Å²) >= 11 is 0. The SMILES string of the molecule is CN=C(NCc1cc(C#N)ccc1F)NCC1(CN2CCOCC2)CCCCC1. The van der Waals surface area contributed by atoms with E-state index in [4.69, 9.17) is 10.00 Å². The van der Waals surface area contributed by atoms with Crippen molar-refractivity contribution in [1.82, 2.24) is 15.5 Å². The van der Waals surface area contributed by atoms with Gasteiger partial charge < -0.3 is 15.4 Å². The normalized spacial score (nSPS) is 20.1. The van der Waals surface area contributed by atoms with E-state index in [1.165, 1.54) is 44.2 Å². The predicted molar refractivity (Wildman–Crippen MR) is 112 cm³/mol. The number of morpholine rings is 1. The van der Waals surface area contributed by atoms with Crippen molar-refractivity contribution in [3.05, 3.63) is 35.1 Å². The maximum atomic E-state index is 14.0. The second kappa shape index (κ2) is 10.6. The Morgan fingerprint density at radius 2 is 2.00 bits per heavy atom. The zero-order valence-electron chi connectivity index (χ0n) is 17.3. The van der Waals surface area contributed by atoms with Crippen molar-refractivity contribution in [3.8, 4) is 6.07 Å². The van der Waals surface area contributed by atoms with Crippen LogP contribution in [-0.2, 0) is 11.3 Å². The summed E-state index contributed by atoms with van der Waals surface area (Å²) in [6, 6.07) is 6.46. The van der Waals surface area contributed by atoms with E-state index >= 15 is 0 Å². The molecule has 158 valence electrons. The van der Waals surface area contributed by atoms with E-state index in [9.17, 15) is 4.39 Å². The van der Waals surface area contributed by atoms with E-state index in [-0.39, 0.29) is 17.8 Å². The average Bonchev–Trinajstić information content (AvgIpc) is 2.76. The van der Waals surface area contributed by atoms with Crippen molar-refractivity contribution < 1.29 is 9.13 Å². The lowest BCUT2D eigenvalue weighted by molar-refractivity contribution is 0.00820. The van der Waals surface area contributed by atoms with Gasteiger partial charge in [0, 0.05) is 50.7 Å². The van der Waals surface area contributed by atoms with Gasteiger partial charge in [-0.05, 0) is 31.0 Å². The molecule has 0 spiro atoms. The zero-order chi connectivity index (χ0) is 20.5. The highest BCUT2D eigenvalue weighted by atomic mass is 19.1. The maximum Gasteiger partial charge on any atom is 0.191 e. The molecule has 2 aliphatic rings. The second-order valence-corrected chi connectivity index (χ2v) is 8.15. The molecule has 0 radical (unpaired) electrons. The molecule has 1 aromatic carbocycles. The number of benzene rings is 1. The number of nitriles is 1. The van der Waals surface area contributed by atoms with E-state index in [0.717, 1.165) is 39.4 Å². The van der Waals surface area contributed by atoms with Crippen molar-refractivity contribution in [3.63, 3.8) is 0 Å². The third kappa shape index (κ3) is 6.15. The van der Waals surface area contributed by atoms with Crippen molar-refractivity contribution in [1.29, 1.82) is 5.26 Å². The molecule has 0 amide bonds. The fourth-order valence-electron chi connectivity index (χ4n) is 4.38. The lowest BCUT2D eigenvalue weighted by atomic mass is 9.73. The number of rotatable bonds is 6. The highest BCUT2D eigenvalue weighted by molar-refractivity contribution is 5.79. The molecule has 2 N–H and O–H groups in total. The Morgan fingerprint density at radius 1 is 1.24 bits per heavy atom. The summed E-state index contributed by atoms with van der Waals surface area (Å²) in [6.07, 6.45) is 6.28. The van der Waals surface area contributed by atoms with Gasteiger partial charge in [0.1, 0.15) is 5.82 Å². The van der Waals surface area contributed by atoms with Crippen molar-refractivity contribution in [2.45, 2.75) is 38.6 Å². The first-order valence-corrected chi connectivity index (χ1v) is 10.6. The molecule has 0 unspecified atom stereocenters. The first kappa shape index (κ1) is 21.5. The van der Waals surface area contributed by atoms with Gasteiger partial charge in [0.2, 0.25) is 0 Å². The molecular formula is C22H32FN5O. The molecule has 2 fully saturated rings. The van der Waals surface area contributed by atoms with E-state index in [1.807, 2.05) is 0 Å². The number of nitrogens with zero attached hydrogens (tertiary/aromatic N) is 3. The van der Waals surface area contributed by atoms with Gasteiger partial charge in [0.25, 0.3) is 0 Å². The van der Waals surface area contributed by atoms with Gasteiger partial charge in [0.05, 0.1) is 24.8 Å². The highest BCUT2D eigenvalue weighted by Crippen LogP contribution is 2.36. The smallest absolute Gasteiger partial charge is 0.191 e. The molecule has 0 bridgehead atoms. The van der Waals surface area contributed by atoms with Crippen LogP contribution in [0.3, 0.4) is 0 Å².